The second-order valence-electron chi connectivity index (χ2n) is 6.20. The fourth-order valence-corrected chi connectivity index (χ4v) is 3.16. The number of para-hydroxylation sites is 1. The Hall–Kier alpha value is -3.08. The van der Waals surface area contributed by atoms with Crippen LogP contribution in [0.15, 0.2) is 65.1 Å². The molecule has 0 spiro atoms. The SMILES string of the molecule is O=C1CC[C@H](C(=O)N[C@H](c2ccccc2)c2cc3ccccc3o2)N1. The number of benzene rings is 2. The summed E-state index contributed by atoms with van der Waals surface area (Å²) in [6, 6.07) is 18.5. The van der Waals surface area contributed by atoms with Crippen molar-refractivity contribution in [2.75, 3.05) is 0 Å². The lowest BCUT2D eigenvalue weighted by molar-refractivity contribution is -0.126. The van der Waals surface area contributed by atoms with Crippen molar-refractivity contribution in [3.8, 4) is 0 Å². The van der Waals surface area contributed by atoms with Gasteiger partial charge in [-0.1, -0.05) is 48.5 Å². The first-order chi connectivity index (χ1) is 12.2. The number of hydrogen-bond donors (Lipinski definition) is 2. The first kappa shape index (κ1) is 15.4. The quantitative estimate of drug-likeness (QED) is 0.771. The first-order valence-corrected chi connectivity index (χ1v) is 8.34. The molecule has 25 heavy (non-hydrogen) atoms. The van der Waals surface area contributed by atoms with Crippen LogP contribution in [0, 0.1) is 0 Å². The Morgan fingerprint density at radius 3 is 2.60 bits per heavy atom. The van der Waals surface area contributed by atoms with E-state index in [1.807, 2.05) is 60.7 Å². The van der Waals surface area contributed by atoms with E-state index in [2.05, 4.69) is 10.6 Å². The van der Waals surface area contributed by atoms with Crippen molar-refractivity contribution < 1.29 is 14.0 Å². The maximum absolute atomic E-state index is 12.6. The van der Waals surface area contributed by atoms with Crippen LogP contribution in [0.1, 0.15) is 30.2 Å². The average molecular weight is 334 g/mol. The minimum absolute atomic E-state index is 0.0832. The fraction of sp³-hybridized carbons (Fsp3) is 0.200. The number of fused-ring (bicyclic) bond motifs is 1. The molecule has 3 aromatic rings. The molecule has 4 rings (SSSR count). The van der Waals surface area contributed by atoms with Crippen LogP contribution in [-0.4, -0.2) is 17.9 Å². The Balaban J connectivity index is 1.67. The van der Waals surface area contributed by atoms with E-state index in [1.165, 1.54) is 0 Å². The zero-order valence-corrected chi connectivity index (χ0v) is 13.6. The van der Waals surface area contributed by atoms with E-state index in [9.17, 15) is 9.59 Å². The largest absolute Gasteiger partial charge is 0.459 e. The molecule has 2 N–H and O–H groups in total. The second-order valence-corrected chi connectivity index (χ2v) is 6.20. The van der Waals surface area contributed by atoms with E-state index in [0.717, 1.165) is 16.5 Å². The van der Waals surface area contributed by atoms with Crippen LogP contribution in [0.5, 0.6) is 0 Å². The van der Waals surface area contributed by atoms with E-state index >= 15 is 0 Å². The Morgan fingerprint density at radius 1 is 1.12 bits per heavy atom. The van der Waals surface area contributed by atoms with Gasteiger partial charge in [-0.2, -0.15) is 0 Å². The Morgan fingerprint density at radius 2 is 1.88 bits per heavy atom. The van der Waals surface area contributed by atoms with E-state index < -0.39 is 12.1 Å². The minimum atomic E-state index is -0.483. The molecule has 2 heterocycles. The van der Waals surface area contributed by atoms with Gasteiger partial charge in [0.25, 0.3) is 0 Å². The highest BCUT2D eigenvalue weighted by molar-refractivity contribution is 5.91. The van der Waals surface area contributed by atoms with Crippen LogP contribution in [-0.2, 0) is 9.59 Å². The Kier molecular flexibility index (Phi) is 3.98. The number of hydrogen-bond acceptors (Lipinski definition) is 3. The number of carbonyl (C=O) groups excluding carboxylic acids is 2. The van der Waals surface area contributed by atoms with Crippen molar-refractivity contribution in [3.05, 3.63) is 72.0 Å². The van der Waals surface area contributed by atoms with Crippen molar-refractivity contribution in [3.63, 3.8) is 0 Å². The van der Waals surface area contributed by atoms with Crippen molar-refractivity contribution in [1.82, 2.24) is 10.6 Å². The van der Waals surface area contributed by atoms with E-state index in [-0.39, 0.29) is 11.8 Å². The van der Waals surface area contributed by atoms with E-state index in [1.54, 1.807) is 0 Å². The zero-order valence-electron chi connectivity index (χ0n) is 13.6. The molecule has 2 amide bonds. The van der Waals surface area contributed by atoms with E-state index in [0.29, 0.717) is 18.6 Å². The molecule has 0 radical (unpaired) electrons. The van der Waals surface area contributed by atoms with Gasteiger partial charge >= 0.3 is 0 Å². The van der Waals surface area contributed by atoms with Crippen LogP contribution >= 0.6 is 0 Å². The molecule has 1 fully saturated rings. The molecular formula is C20H18N2O3. The lowest BCUT2D eigenvalue weighted by Gasteiger charge is -2.19. The number of amides is 2. The molecule has 5 heteroatoms. The molecule has 1 aliphatic rings. The molecule has 126 valence electrons. The highest BCUT2D eigenvalue weighted by Gasteiger charge is 2.30. The van der Waals surface area contributed by atoms with Gasteiger partial charge < -0.3 is 15.1 Å². The molecule has 1 aliphatic heterocycles. The Bertz CT molecular complexity index is 884. The molecule has 1 saturated heterocycles. The molecule has 2 aromatic carbocycles. The summed E-state index contributed by atoms with van der Waals surface area (Å²) in [6.45, 7) is 0. The summed E-state index contributed by atoms with van der Waals surface area (Å²) in [5.41, 5.74) is 1.71. The molecule has 0 unspecified atom stereocenters. The van der Waals surface area contributed by atoms with Gasteiger partial charge in [0.05, 0.1) is 0 Å². The van der Waals surface area contributed by atoms with Crippen molar-refractivity contribution in [2.45, 2.75) is 24.9 Å². The summed E-state index contributed by atoms with van der Waals surface area (Å²) in [7, 11) is 0. The first-order valence-electron chi connectivity index (χ1n) is 8.34. The average Bonchev–Trinajstić information content (AvgIpc) is 3.26. The molecular weight excluding hydrogens is 316 g/mol. The third-order valence-corrected chi connectivity index (χ3v) is 4.46. The summed E-state index contributed by atoms with van der Waals surface area (Å²) in [6.07, 6.45) is 0.908. The van der Waals surface area contributed by atoms with Crippen molar-refractivity contribution in [2.24, 2.45) is 0 Å². The predicted molar refractivity (Wildman–Crippen MR) is 93.8 cm³/mol. The standard InChI is InChI=1S/C20H18N2O3/c23-18-11-10-15(21-18)20(24)22-19(13-6-2-1-3-7-13)17-12-14-8-4-5-9-16(14)25-17/h1-9,12,15,19H,10-11H2,(H,21,23)(H,22,24)/t15-,19-/m1/s1. The van der Waals surface area contributed by atoms with Crippen LogP contribution in [0.2, 0.25) is 0 Å². The molecule has 0 aliphatic carbocycles. The topological polar surface area (TPSA) is 71.3 Å². The van der Waals surface area contributed by atoms with Gasteiger partial charge in [-0.15, -0.1) is 0 Å². The lowest BCUT2D eigenvalue weighted by Crippen LogP contribution is -2.43. The van der Waals surface area contributed by atoms with E-state index in [4.69, 9.17) is 4.42 Å². The number of nitrogens with one attached hydrogen (secondary N) is 2. The number of rotatable bonds is 4. The molecule has 1 aromatic heterocycles. The summed E-state index contributed by atoms with van der Waals surface area (Å²) in [5, 5.41) is 6.72. The molecule has 5 nitrogen and oxygen atoms in total. The number of carbonyl (C=O) groups is 2. The highest BCUT2D eigenvalue weighted by Crippen LogP contribution is 2.28. The van der Waals surface area contributed by atoms with Gasteiger partial charge in [0.2, 0.25) is 11.8 Å². The van der Waals surface area contributed by atoms with Crippen LogP contribution in [0.3, 0.4) is 0 Å². The fourth-order valence-electron chi connectivity index (χ4n) is 3.16. The number of furan rings is 1. The minimum Gasteiger partial charge on any atom is -0.459 e. The molecule has 0 saturated carbocycles. The summed E-state index contributed by atoms with van der Waals surface area (Å²) in [4.78, 5) is 24.0. The Labute approximate surface area is 145 Å². The van der Waals surface area contributed by atoms with Crippen molar-refractivity contribution >= 4 is 22.8 Å². The lowest BCUT2D eigenvalue weighted by atomic mass is 10.0. The van der Waals surface area contributed by atoms with Crippen LogP contribution < -0.4 is 10.6 Å². The normalized spacial score (nSPS) is 18.1. The van der Waals surface area contributed by atoms with Crippen LogP contribution in [0.25, 0.3) is 11.0 Å². The van der Waals surface area contributed by atoms with Crippen LogP contribution in [0.4, 0.5) is 0 Å². The predicted octanol–water partition coefficient (Wildman–Crippen LogP) is 2.92. The summed E-state index contributed by atoms with van der Waals surface area (Å²) < 4.78 is 5.97. The van der Waals surface area contributed by atoms with Gasteiger partial charge in [0.15, 0.2) is 0 Å². The third-order valence-electron chi connectivity index (χ3n) is 4.46. The van der Waals surface area contributed by atoms with Gasteiger partial charge in [0, 0.05) is 11.8 Å². The van der Waals surface area contributed by atoms with Crippen molar-refractivity contribution in [1.29, 1.82) is 0 Å². The monoisotopic (exact) mass is 334 g/mol. The maximum Gasteiger partial charge on any atom is 0.243 e. The highest BCUT2D eigenvalue weighted by atomic mass is 16.3. The van der Waals surface area contributed by atoms with Gasteiger partial charge in [-0.05, 0) is 24.1 Å². The molecule has 0 bridgehead atoms. The molecule has 2 atom stereocenters. The van der Waals surface area contributed by atoms with Gasteiger partial charge in [-0.25, -0.2) is 0 Å². The smallest absolute Gasteiger partial charge is 0.243 e. The zero-order chi connectivity index (χ0) is 17.2. The van der Waals surface area contributed by atoms with Gasteiger partial charge in [-0.3, -0.25) is 9.59 Å². The third kappa shape index (κ3) is 3.13. The summed E-state index contributed by atoms with van der Waals surface area (Å²) in [5.74, 6) is 0.394. The summed E-state index contributed by atoms with van der Waals surface area (Å²) >= 11 is 0. The maximum atomic E-state index is 12.6. The van der Waals surface area contributed by atoms with Gasteiger partial charge in [0.1, 0.15) is 23.4 Å². The second kappa shape index (κ2) is 6.43.